The Morgan fingerprint density at radius 1 is 1.07 bits per heavy atom. The van der Waals surface area contributed by atoms with Crippen molar-refractivity contribution < 1.29 is 23.9 Å². The summed E-state index contributed by atoms with van der Waals surface area (Å²) in [6.07, 6.45) is 1.46. The largest absolute Gasteiger partial charge is 0.478 e. The summed E-state index contributed by atoms with van der Waals surface area (Å²) in [6, 6.07) is 17.0. The van der Waals surface area contributed by atoms with E-state index in [1.807, 2.05) is 30.3 Å². The van der Waals surface area contributed by atoms with Gasteiger partial charge in [0.25, 0.3) is 5.91 Å². The van der Waals surface area contributed by atoms with Gasteiger partial charge in [-0.25, -0.2) is 9.59 Å². The SMILES string of the molecule is Cc1c(C(=O)O)cccc1-c1ccc(/C=C2\NC(=O)N(Cc3ccccc3)C2=O)o1. The van der Waals surface area contributed by atoms with E-state index in [-0.39, 0.29) is 17.8 Å². The average molecular weight is 402 g/mol. The van der Waals surface area contributed by atoms with Crippen molar-refractivity contribution in [2.75, 3.05) is 0 Å². The van der Waals surface area contributed by atoms with Crippen LogP contribution in [-0.4, -0.2) is 27.9 Å². The van der Waals surface area contributed by atoms with Crippen LogP contribution in [0.1, 0.15) is 27.2 Å². The van der Waals surface area contributed by atoms with Crippen molar-refractivity contribution in [2.45, 2.75) is 13.5 Å². The zero-order valence-corrected chi connectivity index (χ0v) is 16.1. The van der Waals surface area contributed by atoms with Gasteiger partial charge in [0, 0.05) is 11.6 Å². The van der Waals surface area contributed by atoms with Crippen molar-refractivity contribution in [2.24, 2.45) is 0 Å². The minimum atomic E-state index is -1.01. The summed E-state index contributed by atoms with van der Waals surface area (Å²) in [5.74, 6) is -0.609. The predicted octanol–water partition coefficient (Wildman–Crippen LogP) is 4.05. The molecule has 0 atom stereocenters. The lowest BCUT2D eigenvalue weighted by Gasteiger charge is -2.11. The van der Waals surface area contributed by atoms with E-state index in [4.69, 9.17) is 4.42 Å². The van der Waals surface area contributed by atoms with Gasteiger partial charge in [-0.15, -0.1) is 0 Å². The molecule has 0 spiro atoms. The first-order valence-electron chi connectivity index (χ1n) is 9.25. The van der Waals surface area contributed by atoms with Crippen molar-refractivity contribution in [3.8, 4) is 11.3 Å². The van der Waals surface area contributed by atoms with Gasteiger partial charge in [0.05, 0.1) is 12.1 Å². The number of benzene rings is 2. The maximum atomic E-state index is 12.6. The summed E-state index contributed by atoms with van der Waals surface area (Å²) >= 11 is 0. The summed E-state index contributed by atoms with van der Waals surface area (Å²) < 4.78 is 5.79. The second kappa shape index (κ2) is 7.71. The summed E-state index contributed by atoms with van der Waals surface area (Å²) in [6.45, 7) is 1.88. The van der Waals surface area contributed by atoms with Crippen LogP contribution in [0.15, 0.2) is 70.8 Å². The zero-order chi connectivity index (χ0) is 21.3. The third-order valence-electron chi connectivity index (χ3n) is 4.89. The number of nitrogens with zero attached hydrogens (tertiary/aromatic N) is 1. The lowest BCUT2D eigenvalue weighted by atomic mass is 10.0. The van der Waals surface area contributed by atoms with Gasteiger partial charge >= 0.3 is 12.0 Å². The molecular formula is C23H18N2O5. The number of amides is 3. The lowest BCUT2D eigenvalue weighted by molar-refractivity contribution is -0.123. The number of hydrogen-bond acceptors (Lipinski definition) is 4. The van der Waals surface area contributed by atoms with Gasteiger partial charge in [-0.2, -0.15) is 0 Å². The van der Waals surface area contributed by atoms with Crippen molar-refractivity contribution in [1.82, 2.24) is 10.2 Å². The van der Waals surface area contributed by atoms with Gasteiger partial charge in [0.2, 0.25) is 0 Å². The Balaban J connectivity index is 1.58. The highest BCUT2D eigenvalue weighted by Gasteiger charge is 2.33. The Morgan fingerprint density at radius 3 is 2.57 bits per heavy atom. The monoisotopic (exact) mass is 402 g/mol. The minimum Gasteiger partial charge on any atom is -0.478 e. The first-order valence-corrected chi connectivity index (χ1v) is 9.25. The highest BCUT2D eigenvalue weighted by Crippen LogP contribution is 2.29. The summed E-state index contributed by atoms with van der Waals surface area (Å²) in [4.78, 5) is 37.3. The molecule has 1 aliphatic heterocycles. The summed E-state index contributed by atoms with van der Waals surface area (Å²) in [5, 5.41) is 11.9. The van der Waals surface area contributed by atoms with Gasteiger partial charge in [-0.05, 0) is 36.2 Å². The molecule has 0 radical (unpaired) electrons. The minimum absolute atomic E-state index is 0.118. The standard InChI is InChI=1S/C23H18N2O5/c1-14-17(8-5-9-18(14)22(27)28)20-11-10-16(30-20)12-19-21(26)25(23(29)24-19)13-15-6-3-2-4-7-15/h2-12H,13H2,1H3,(H,24,29)(H,27,28)/b19-12-. The second-order valence-corrected chi connectivity index (χ2v) is 6.85. The lowest BCUT2D eigenvalue weighted by Crippen LogP contribution is -2.30. The van der Waals surface area contributed by atoms with Crippen molar-refractivity contribution >= 4 is 24.0 Å². The molecule has 3 aromatic rings. The van der Waals surface area contributed by atoms with Crippen LogP contribution >= 0.6 is 0 Å². The molecule has 3 amide bonds. The molecular weight excluding hydrogens is 384 g/mol. The molecule has 0 bridgehead atoms. The highest BCUT2D eigenvalue weighted by molar-refractivity contribution is 6.13. The number of carbonyl (C=O) groups excluding carboxylic acids is 2. The smallest absolute Gasteiger partial charge is 0.335 e. The molecule has 0 unspecified atom stereocenters. The number of carboxylic acid groups (broad SMARTS) is 1. The maximum absolute atomic E-state index is 12.6. The Bertz CT molecular complexity index is 1180. The molecule has 2 heterocycles. The first kappa shape index (κ1) is 19.2. The van der Waals surface area contributed by atoms with E-state index in [9.17, 15) is 19.5 Å². The molecule has 1 aromatic heterocycles. The fraction of sp³-hybridized carbons (Fsp3) is 0.0870. The zero-order valence-electron chi connectivity index (χ0n) is 16.1. The number of urea groups is 1. The van der Waals surface area contributed by atoms with Crippen molar-refractivity contribution in [3.05, 3.63) is 88.8 Å². The molecule has 4 rings (SSSR count). The molecule has 1 fully saturated rings. The van der Waals surface area contributed by atoms with Crippen LogP contribution in [0, 0.1) is 6.92 Å². The fourth-order valence-electron chi connectivity index (χ4n) is 3.33. The topological polar surface area (TPSA) is 99.9 Å². The van der Waals surface area contributed by atoms with Gasteiger partial charge in [0.1, 0.15) is 17.2 Å². The van der Waals surface area contributed by atoms with E-state index < -0.39 is 17.9 Å². The van der Waals surface area contributed by atoms with Crippen LogP contribution in [0.25, 0.3) is 17.4 Å². The number of carboxylic acids is 1. The van der Waals surface area contributed by atoms with E-state index in [0.717, 1.165) is 10.5 Å². The third-order valence-corrected chi connectivity index (χ3v) is 4.89. The molecule has 30 heavy (non-hydrogen) atoms. The Kier molecular flexibility index (Phi) is 4.93. The van der Waals surface area contributed by atoms with E-state index in [2.05, 4.69) is 5.32 Å². The Hall–Kier alpha value is -4.13. The molecule has 7 nitrogen and oxygen atoms in total. The van der Waals surface area contributed by atoms with Gasteiger partial charge in [0.15, 0.2) is 0 Å². The first-order chi connectivity index (χ1) is 14.4. The molecule has 2 N–H and O–H groups in total. The molecule has 7 heteroatoms. The Labute approximate surface area is 172 Å². The molecule has 1 saturated heterocycles. The number of furan rings is 1. The van der Waals surface area contributed by atoms with Crippen LogP contribution in [-0.2, 0) is 11.3 Å². The number of nitrogens with one attached hydrogen (secondary N) is 1. The highest BCUT2D eigenvalue weighted by atomic mass is 16.4. The molecule has 1 aliphatic rings. The molecule has 150 valence electrons. The number of aromatic carboxylic acids is 1. The quantitative estimate of drug-likeness (QED) is 0.495. The van der Waals surface area contributed by atoms with Crippen LogP contribution in [0.2, 0.25) is 0 Å². The predicted molar refractivity (Wildman–Crippen MR) is 109 cm³/mol. The second-order valence-electron chi connectivity index (χ2n) is 6.85. The summed E-state index contributed by atoms with van der Waals surface area (Å²) in [7, 11) is 0. The van der Waals surface area contributed by atoms with Crippen molar-refractivity contribution in [3.63, 3.8) is 0 Å². The third kappa shape index (κ3) is 3.60. The molecule has 0 saturated carbocycles. The van der Waals surface area contributed by atoms with Gasteiger partial charge in [-0.3, -0.25) is 9.69 Å². The van der Waals surface area contributed by atoms with Crippen LogP contribution in [0.5, 0.6) is 0 Å². The average Bonchev–Trinajstić information content (AvgIpc) is 3.29. The molecule has 2 aromatic carbocycles. The number of imide groups is 1. The van der Waals surface area contributed by atoms with Crippen LogP contribution in [0.4, 0.5) is 4.79 Å². The Morgan fingerprint density at radius 2 is 1.83 bits per heavy atom. The number of rotatable bonds is 5. The van der Waals surface area contributed by atoms with Gasteiger partial charge < -0.3 is 14.8 Å². The van der Waals surface area contributed by atoms with E-state index in [1.165, 1.54) is 12.1 Å². The fourth-order valence-corrected chi connectivity index (χ4v) is 3.33. The number of hydrogen-bond donors (Lipinski definition) is 2. The summed E-state index contributed by atoms with van der Waals surface area (Å²) in [5.41, 5.74) is 2.38. The van der Waals surface area contributed by atoms with Crippen molar-refractivity contribution in [1.29, 1.82) is 0 Å². The number of carbonyl (C=O) groups is 3. The van der Waals surface area contributed by atoms with E-state index in [1.54, 1.807) is 31.2 Å². The normalized spacial score (nSPS) is 15.0. The maximum Gasteiger partial charge on any atom is 0.335 e. The van der Waals surface area contributed by atoms with Crippen LogP contribution in [0.3, 0.4) is 0 Å². The van der Waals surface area contributed by atoms with E-state index in [0.29, 0.717) is 22.6 Å². The molecule has 0 aliphatic carbocycles. The van der Waals surface area contributed by atoms with Gasteiger partial charge in [-0.1, -0.05) is 42.5 Å². The van der Waals surface area contributed by atoms with Crippen LogP contribution < -0.4 is 5.32 Å². The van der Waals surface area contributed by atoms with E-state index >= 15 is 0 Å².